The molecule has 0 saturated heterocycles. The molecule has 0 N–H and O–H groups in total. The van der Waals surface area contributed by atoms with Crippen molar-refractivity contribution in [1.82, 2.24) is 19.6 Å². The second kappa shape index (κ2) is 11.7. The van der Waals surface area contributed by atoms with E-state index in [0.29, 0.717) is 0 Å². The van der Waals surface area contributed by atoms with E-state index in [1.54, 1.807) is 0 Å². The van der Waals surface area contributed by atoms with Crippen LogP contribution in [-0.4, -0.2) is 19.6 Å². The summed E-state index contributed by atoms with van der Waals surface area (Å²) in [7, 11) is 0. The maximum atomic E-state index is 5.11. The zero-order valence-corrected chi connectivity index (χ0v) is 27.3. The number of benzene rings is 7. The van der Waals surface area contributed by atoms with Gasteiger partial charge < -0.3 is 4.90 Å². The Kier molecular flexibility index (Phi) is 6.83. The molecule has 7 aromatic carbocycles. The molecule has 0 saturated carbocycles. The lowest BCUT2D eigenvalue weighted by Gasteiger charge is -2.27. The predicted molar refractivity (Wildman–Crippen MR) is 203 cm³/mol. The molecule has 0 spiro atoms. The zero-order valence-electron chi connectivity index (χ0n) is 27.3. The monoisotopic (exact) mass is 631 g/mol. The highest BCUT2D eigenvalue weighted by Crippen LogP contribution is 2.43. The summed E-state index contributed by atoms with van der Waals surface area (Å²) >= 11 is 0. The van der Waals surface area contributed by atoms with E-state index < -0.39 is 0 Å². The Labute approximate surface area is 284 Å². The smallest absolute Gasteiger partial charge is 0.0772 e. The van der Waals surface area contributed by atoms with Gasteiger partial charge in [0.15, 0.2) is 0 Å². The SMILES string of the molecule is Cc1nn(-c2ccccc2)c2cc3c(c(C)nn3-c3ccccc3)c(-c3ccc(N(c4ccccc4)c4cccc5ccccc45)cc3)c12. The van der Waals surface area contributed by atoms with E-state index in [2.05, 4.69) is 180 Å². The molecular formula is C44H33N5. The third-order valence-electron chi connectivity index (χ3n) is 9.40. The molecule has 0 unspecified atom stereocenters. The average molecular weight is 632 g/mol. The van der Waals surface area contributed by atoms with Crippen molar-refractivity contribution < 1.29 is 0 Å². The van der Waals surface area contributed by atoms with Crippen LogP contribution in [0.1, 0.15) is 11.4 Å². The Morgan fingerprint density at radius 1 is 0.469 bits per heavy atom. The maximum Gasteiger partial charge on any atom is 0.0772 e. The van der Waals surface area contributed by atoms with Gasteiger partial charge in [-0.25, -0.2) is 9.36 Å². The molecule has 234 valence electrons. The molecule has 5 nitrogen and oxygen atoms in total. The minimum absolute atomic E-state index is 0.980. The zero-order chi connectivity index (χ0) is 32.9. The van der Waals surface area contributed by atoms with Crippen LogP contribution in [0.5, 0.6) is 0 Å². The molecule has 0 bridgehead atoms. The summed E-state index contributed by atoms with van der Waals surface area (Å²) in [6.45, 7) is 4.22. The highest BCUT2D eigenvalue weighted by Gasteiger charge is 2.23. The van der Waals surface area contributed by atoms with Crippen molar-refractivity contribution in [2.75, 3.05) is 4.90 Å². The normalized spacial score (nSPS) is 11.5. The van der Waals surface area contributed by atoms with Crippen LogP contribution in [0.3, 0.4) is 0 Å². The predicted octanol–water partition coefficient (Wildman–Crippen LogP) is 11.3. The molecule has 5 heteroatoms. The number of fused-ring (bicyclic) bond motifs is 3. The van der Waals surface area contributed by atoms with Gasteiger partial charge in [-0.3, -0.25) is 0 Å². The Morgan fingerprint density at radius 3 is 1.55 bits per heavy atom. The molecule has 2 heterocycles. The van der Waals surface area contributed by atoms with Crippen molar-refractivity contribution >= 4 is 49.6 Å². The van der Waals surface area contributed by atoms with E-state index in [1.165, 1.54) is 10.8 Å². The highest BCUT2D eigenvalue weighted by atomic mass is 15.3. The number of aromatic nitrogens is 4. The van der Waals surface area contributed by atoms with Crippen LogP contribution < -0.4 is 4.90 Å². The van der Waals surface area contributed by atoms with Crippen molar-refractivity contribution in [3.05, 3.63) is 175 Å². The molecule has 0 atom stereocenters. The summed E-state index contributed by atoms with van der Waals surface area (Å²) in [6.07, 6.45) is 0. The van der Waals surface area contributed by atoms with Crippen LogP contribution in [0.2, 0.25) is 0 Å². The minimum atomic E-state index is 0.980. The third kappa shape index (κ3) is 4.78. The molecule has 0 aliphatic rings. The molecular weight excluding hydrogens is 599 g/mol. The number of aryl methyl sites for hydroxylation is 2. The van der Waals surface area contributed by atoms with E-state index in [0.717, 1.165) is 72.8 Å². The van der Waals surface area contributed by atoms with Gasteiger partial charge in [0.05, 0.1) is 39.5 Å². The molecule has 0 aliphatic heterocycles. The fourth-order valence-electron chi connectivity index (χ4n) is 7.23. The van der Waals surface area contributed by atoms with Crippen molar-refractivity contribution in [2.24, 2.45) is 0 Å². The van der Waals surface area contributed by atoms with Gasteiger partial charge in [-0.1, -0.05) is 103 Å². The average Bonchev–Trinajstić information content (AvgIpc) is 3.68. The van der Waals surface area contributed by atoms with Crippen LogP contribution in [0.15, 0.2) is 164 Å². The first-order valence-corrected chi connectivity index (χ1v) is 16.6. The molecule has 0 aliphatic carbocycles. The number of para-hydroxylation sites is 3. The van der Waals surface area contributed by atoms with Gasteiger partial charge in [0.25, 0.3) is 0 Å². The fraction of sp³-hybridized carbons (Fsp3) is 0.0455. The summed E-state index contributed by atoms with van der Waals surface area (Å²) in [4.78, 5) is 2.35. The van der Waals surface area contributed by atoms with Gasteiger partial charge >= 0.3 is 0 Å². The molecule has 9 rings (SSSR count). The van der Waals surface area contributed by atoms with Gasteiger partial charge in [-0.2, -0.15) is 10.2 Å². The van der Waals surface area contributed by atoms with Crippen molar-refractivity contribution in [1.29, 1.82) is 0 Å². The highest BCUT2D eigenvalue weighted by molar-refractivity contribution is 6.13. The summed E-state index contributed by atoms with van der Waals surface area (Å²) in [5, 5.41) is 14.9. The lowest BCUT2D eigenvalue weighted by atomic mass is 9.94. The molecule has 0 fully saturated rings. The third-order valence-corrected chi connectivity index (χ3v) is 9.40. The first-order valence-electron chi connectivity index (χ1n) is 16.6. The standard InChI is InChI=1S/C44H33N5/c1-30-42-40(48(45-30)36-19-8-4-9-20-36)29-41-43(31(2)46-49(41)37-21-10-5-11-22-37)44(42)33-25-27-35(28-26-33)47(34-17-6-3-7-18-34)39-24-14-16-32-15-12-13-23-38(32)39/h3-29H,1-2H3. The number of nitrogens with zero attached hydrogens (tertiary/aromatic N) is 5. The maximum absolute atomic E-state index is 5.11. The summed E-state index contributed by atoms with van der Waals surface area (Å²) in [5.74, 6) is 0. The first kappa shape index (κ1) is 28.7. The van der Waals surface area contributed by atoms with Crippen molar-refractivity contribution in [2.45, 2.75) is 13.8 Å². The van der Waals surface area contributed by atoms with Crippen LogP contribution in [0.25, 0.3) is 55.1 Å². The number of anilines is 3. The Bertz CT molecular complexity index is 2500. The van der Waals surface area contributed by atoms with Gasteiger partial charge in [0, 0.05) is 33.1 Å². The van der Waals surface area contributed by atoms with E-state index in [1.807, 2.05) is 12.1 Å². The minimum Gasteiger partial charge on any atom is -0.310 e. The van der Waals surface area contributed by atoms with Crippen LogP contribution in [0, 0.1) is 13.8 Å². The Balaban J connectivity index is 1.29. The number of hydrogen-bond acceptors (Lipinski definition) is 3. The van der Waals surface area contributed by atoms with Crippen molar-refractivity contribution in [3.8, 4) is 22.5 Å². The quantitative estimate of drug-likeness (QED) is 0.183. The van der Waals surface area contributed by atoms with E-state index in [4.69, 9.17) is 10.2 Å². The molecule has 2 aromatic heterocycles. The van der Waals surface area contributed by atoms with Gasteiger partial charge in [0.2, 0.25) is 0 Å². The summed E-state index contributed by atoms with van der Waals surface area (Å²) < 4.78 is 4.13. The Hall–Kier alpha value is -6.46. The van der Waals surface area contributed by atoms with Crippen LogP contribution in [-0.2, 0) is 0 Å². The van der Waals surface area contributed by atoms with Gasteiger partial charge in [-0.05, 0) is 85.5 Å². The summed E-state index contributed by atoms with van der Waals surface area (Å²) in [6, 6.07) is 57.7. The summed E-state index contributed by atoms with van der Waals surface area (Å²) in [5.41, 5.74) is 11.7. The van der Waals surface area contributed by atoms with Gasteiger partial charge in [0.1, 0.15) is 0 Å². The van der Waals surface area contributed by atoms with E-state index >= 15 is 0 Å². The van der Waals surface area contributed by atoms with Gasteiger partial charge in [-0.15, -0.1) is 0 Å². The number of hydrogen-bond donors (Lipinski definition) is 0. The number of rotatable bonds is 6. The second-order valence-corrected chi connectivity index (χ2v) is 12.4. The fourth-order valence-corrected chi connectivity index (χ4v) is 7.23. The van der Waals surface area contributed by atoms with E-state index in [-0.39, 0.29) is 0 Å². The lowest BCUT2D eigenvalue weighted by Crippen LogP contribution is -2.10. The molecule has 0 radical (unpaired) electrons. The molecule has 49 heavy (non-hydrogen) atoms. The molecule has 0 amide bonds. The van der Waals surface area contributed by atoms with Crippen molar-refractivity contribution in [3.63, 3.8) is 0 Å². The van der Waals surface area contributed by atoms with E-state index in [9.17, 15) is 0 Å². The lowest BCUT2D eigenvalue weighted by molar-refractivity contribution is 0.882. The van der Waals surface area contributed by atoms with Crippen LogP contribution >= 0.6 is 0 Å². The molecule has 9 aromatic rings. The topological polar surface area (TPSA) is 38.9 Å². The second-order valence-electron chi connectivity index (χ2n) is 12.4. The van der Waals surface area contributed by atoms with Crippen LogP contribution in [0.4, 0.5) is 17.1 Å². The Morgan fingerprint density at radius 2 is 0.959 bits per heavy atom. The first-order chi connectivity index (χ1) is 24.2. The largest absolute Gasteiger partial charge is 0.310 e.